The zero-order chi connectivity index (χ0) is 11.9. The number of amides is 1. The zero-order valence-corrected chi connectivity index (χ0v) is 9.82. The second kappa shape index (κ2) is 3.37. The summed E-state index contributed by atoms with van der Waals surface area (Å²) in [5, 5.41) is 1.05. The number of carbonyl (C=O) groups excluding carboxylic acids is 1. The highest BCUT2D eigenvalue weighted by atomic mass is 16.1. The number of nitrogens with zero attached hydrogens (tertiary/aromatic N) is 1. The molecule has 0 atom stereocenters. The van der Waals surface area contributed by atoms with Crippen molar-refractivity contribution in [1.29, 1.82) is 0 Å². The SMILES string of the molecule is CC(C)(C)n1c(C(N)=O)cc2ccccc21. The van der Waals surface area contributed by atoms with Gasteiger partial charge in [0.2, 0.25) is 0 Å². The molecule has 84 valence electrons. The van der Waals surface area contributed by atoms with Crippen molar-refractivity contribution in [2.75, 3.05) is 0 Å². The Labute approximate surface area is 94.9 Å². The maximum atomic E-state index is 11.4. The molecule has 1 amide bonds. The molecule has 0 saturated heterocycles. The Morgan fingerprint density at radius 3 is 2.44 bits per heavy atom. The van der Waals surface area contributed by atoms with Crippen molar-refractivity contribution < 1.29 is 4.79 Å². The molecule has 0 bridgehead atoms. The molecule has 2 aromatic rings. The zero-order valence-electron chi connectivity index (χ0n) is 9.82. The number of aromatic nitrogens is 1. The normalized spacial score (nSPS) is 11.9. The van der Waals surface area contributed by atoms with Crippen molar-refractivity contribution in [2.24, 2.45) is 5.73 Å². The summed E-state index contributed by atoms with van der Waals surface area (Å²) in [5.41, 5.74) is 6.86. The van der Waals surface area contributed by atoms with E-state index in [0.717, 1.165) is 10.9 Å². The van der Waals surface area contributed by atoms with Gasteiger partial charge in [0.1, 0.15) is 5.69 Å². The molecule has 0 radical (unpaired) electrons. The third kappa shape index (κ3) is 1.58. The quantitative estimate of drug-likeness (QED) is 0.782. The molecule has 1 heterocycles. The Morgan fingerprint density at radius 1 is 1.25 bits per heavy atom. The second-order valence-electron chi connectivity index (χ2n) is 4.96. The number of nitrogens with two attached hydrogens (primary N) is 1. The summed E-state index contributed by atoms with van der Waals surface area (Å²) >= 11 is 0. The summed E-state index contributed by atoms with van der Waals surface area (Å²) in [6.07, 6.45) is 0. The van der Waals surface area contributed by atoms with Crippen LogP contribution in [0.4, 0.5) is 0 Å². The van der Waals surface area contributed by atoms with E-state index in [0.29, 0.717) is 5.69 Å². The van der Waals surface area contributed by atoms with Crippen LogP contribution in [0.2, 0.25) is 0 Å². The van der Waals surface area contributed by atoms with Crippen molar-refractivity contribution in [1.82, 2.24) is 4.57 Å². The minimum absolute atomic E-state index is 0.159. The molecule has 0 aliphatic heterocycles. The summed E-state index contributed by atoms with van der Waals surface area (Å²) in [4.78, 5) is 11.4. The number of carbonyl (C=O) groups is 1. The Morgan fingerprint density at radius 2 is 1.88 bits per heavy atom. The van der Waals surface area contributed by atoms with Crippen LogP contribution in [0.25, 0.3) is 10.9 Å². The van der Waals surface area contributed by atoms with Crippen molar-refractivity contribution in [3.63, 3.8) is 0 Å². The predicted molar refractivity (Wildman–Crippen MR) is 65.5 cm³/mol. The van der Waals surface area contributed by atoms with Crippen LogP contribution in [0, 0.1) is 0 Å². The van der Waals surface area contributed by atoms with Gasteiger partial charge in [-0.3, -0.25) is 4.79 Å². The van der Waals surface area contributed by atoms with Crippen LogP contribution in [0.1, 0.15) is 31.3 Å². The number of hydrogen-bond acceptors (Lipinski definition) is 1. The summed E-state index contributed by atoms with van der Waals surface area (Å²) in [5.74, 6) is -0.383. The number of para-hydroxylation sites is 1. The third-order valence-corrected chi connectivity index (χ3v) is 2.63. The molecule has 3 nitrogen and oxygen atoms in total. The topological polar surface area (TPSA) is 48.0 Å². The first-order chi connectivity index (χ1) is 7.41. The molecule has 0 spiro atoms. The van der Waals surface area contributed by atoms with Gasteiger partial charge in [-0.1, -0.05) is 18.2 Å². The van der Waals surface area contributed by atoms with E-state index >= 15 is 0 Å². The van der Waals surface area contributed by atoms with Crippen LogP contribution in [0.5, 0.6) is 0 Å². The summed E-state index contributed by atoms with van der Waals surface area (Å²) in [6, 6.07) is 9.77. The Bertz CT molecular complexity index is 547. The molecule has 2 rings (SSSR count). The molecular formula is C13H16N2O. The Balaban J connectivity index is 2.85. The van der Waals surface area contributed by atoms with E-state index in [9.17, 15) is 4.79 Å². The van der Waals surface area contributed by atoms with E-state index in [1.54, 1.807) is 0 Å². The molecule has 0 aliphatic rings. The fraction of sp³-hybridized carbons (Fsp3) is 0.308. The van der Waals surface area contributed by atoms with E-state index < -0.39 is 0 Å². The highest BCUT2D eigenvalue weighted by Crippen LogP contribution is 2.27. The lowest BCUT2D eigenvalue weighted by Crippen LogP contribution is -2.28. The lowest BCUT2D eigenvalue weighted by Gasteiger charge is -2.24. The smallest absolute Gasteiger partial charge is 0.265 e. The first-order valence-electron chi connectivity index (χ1n) is 5.32. The van der Waals surface area contributed by atoms with Gasteiger partial charge in [0.25, 0.3) is 5.91 Å². The predicted octanol–water partition coefficient (Wildman–Crippen LogP) is 2.50. The van der Waals surface area contributed by atoms with Gasteiger partial charge in [-0.05, 0) is 32.9 Å². The Hall–Kier alpha value is -1.77. The van der Waals surface area contributed by atoms with Crippen LogP contribution in [0.3, 0.4) is 0 Å². The monoisotopic (exact) mass is 216 g/mol. The van der Waals surface area contributed by atoms with Crippen LogP contribution >= 0.6 is 0 Å². The van der Waals surface area contributed by atoms with Gasteiger partial charge in [-0.25, -0.2) is 0 Å². The number of benzene rings is 1. The lowest BCUT2D eigenvalue weighted by atomic mass is 10.1. The van der Waals surface area contributed by atoms with Gasteiger partial charge < -0.3 is 10.3 Å². The molecule has 1 aromatic carbocycles. The standard InChI is InChI=1S/C13H16N2O/c1-13(2,3)15-10-7-5-4-6-9(10)8-11(15)12(14)16/h4-8H,1-3H3,(H2,14,16). The molecular weight excluding hydrogens is 200 g/mol. The number of fused-ring (bicyclic) bond motifs is 1. The second-order valence-corrected chi connectivity index (χ2v) is 4.96. The fourth-order valence-corrected chi connectivity index (χ4v) is 2.06. The maximum absolute atomic E-state index is 11.4. The number of primary amides is 1. The molecule has 0 aliphatic carbocycles. The van der Waals surface area contributed by atoms with Crippen molar-refractivity contribution in [3.8, 4) is 0 Å². The number of hydrogen-bond donors (Lipinski definition) is 1. The van der Waals surface area contributed by atoms with Gasteiger partial charge >= 0.3 is 0 Å². The largest absolute Gasteiger partial charge is 0.364 e. The van der Waals surface area contributed by atoms with E-state index in [4.69, 9.17) is 5.73 Å². The van der Waals surface area contributed by atoms with Crippen LogP contribution in [-0.4, -0.2) is 10.5 Å². The van der Waals surface area contributed by atoms with Gasteiger partial charge in [0.05, 0.1) is 0 Å². The minimum Gasteiger partial charge on any atom is -0.364 e. The van der Waals surface area contributed by atoms with Crippen molar-refractivity contribution in [3.05, 3.63) is 36.0 Å². The molecule has 2 N–H and O–H groups in total. The van der Waals surface area contributed by atoms with Crippen molar-refractivity contribution in [2.45, 2.75) is 26.3 Å². The van der Waals surface area contributed by atoms with E-state index in [1.165, 1.54) is 0 Å². The van der Waals surface area contributed by atoms with Gasteiger partial charge in [-0.15, -0.1) is 0 Å². The molecule has 0 fully saturated rings. The van der Waals surface area contributed by atoms with Gasteiger partial charge in [0, 0.05) is 16.4 Å². The van der Waals surface area contributed by atoms with Crippen LogP contribution in [0.15, 0.2) is 30.3 Å². The summed E-state index contributed by atoms with van der Waals surface area (Å²) < 4.78 is 1.99. The minimum atomic E-state index is -0.383. The summed E-state index contributed by atoms with van der Waals surface area (Å²) in [6.45, 7) is 6.18. The van der Waals surface area contributed by atoms with Gasteiger partial charge in [-0.2, -0.15) is 0 Å². The van der Waals surface area contributed by atoms with Crippen LogP contribution in [-0.2, 0) is 5.54 Å². The number of rotatable bonds is 1. The first kappa shape index (κ1) is 10.7. The molecule has 16 heavy (non-hydrogen) atoms. The highest BCUT2D eigenvalue weighted by molar-refractivity contribution is 5.98. The molecule has 1 aromatic heterocycles. The van der Waals surface area contributed by atoms with Gasteiger partial charge in [0.15, 0.2) is 0 Å². The first-order valence-corrected chi connectivity index (χ1v) is 5.32. The Kier molecular flexibility index (Phi) is 2.26. The third-order valence-electron chi connectivity index (χ3n) is 2.63. The van der Waals surface area contributed by atoms with E-state index in [1.807, 2.05) is 34.9 Å². The highest BCUT2D eigenvalue weighted by Gasteiger charge is 2.22. The van der Waals surface area contributed by atoms with E-state index in [-0.39, 0.29) is 11.4 Å². The fourth-order valence-electron chi connectivity index (χ4n) is 2.06. The molecule has 3 heteroatoms. The van der Waals surface area contributed by atoms with Crippen molar-refractivity contribution >= 4 is 16.8 Å². The molecule has 0 unspecified atom stereocenters. The van der Waals surface area contributed by atoms with E-state index in [2.05, 4.69) is 20.8 Å². The summed E-state index contributed by atoms with van der Waals surface area (Å²) in [7, 11) is 0. The average Bonchev–Trinajstić information content (AvgIpc) is 2.55. The average molecular weight is 216 g/mol. The maximum Gasteiger partial charge on any atom is 0.265 e. The lowest BCUT2D eigenvalue weighted by molar-refractivity contribution is 0.0986. The molecule has 0 saturated carbocycles. The van der Waals surface area contributed by atoms with Crippen LogP contribution < -0.4 is 5.73 Å².